The number of ether oxygens (including phenoxy) is 1. The standard InChI is InChI=1S/C19H30N5O8PS/c1-5-18(2,3)16(27)34-7-6-30-33(29)31-8-10-12(25)19(4,28)15(32-10)24-9-21-11-13(24)22-17(20)23-14(11)26/h9-10,12,15,25,28,33H,5-8H2,1-4H3,(H3,20,22,23,26)/t10-,12+,15-,19?/m1/s1. The second kappa shape index (κ2) is 10.4. The van der Waals surface area contributed by atoms with Gasteiger partial charge in [-0.3, -0.25) is 23.7 Å². The molecular formula is C19H30N5O8PS. The van der Waals surface area contributed by atoms with Crippen molar-refractivity contribution in [2.24, 2.45) is 5.41 Å². The van der Waals surface area contributed by atoms with Crippen molar-refractivity contribution < 1.29 is 33.4 Å². The summed E-state index contributed by atoms with van der Waals surface area (Å²) in [6.45, 7) is 6.72. The Kier molecular flexibility index (Phi) is 8.23. The third kappa shape index (κ3) is 5.54. The average Bonchev–Trinajstić information content (AvgIpc) is 3.28. The van der Waals surface area contributed by atoms with Crippen LogP contribution in [0.15, 0.2) is 11.1 Å². The Bertz CT molecular complexity index is 1120. The Morgan fingerprint density at radius 1 is 1.47 bits per heavy atom. The van der Waals surface area contributed by atoms with Crippen LogP contribution >= 0.6 is 20.0 Å². The van der Waals surface area contributed by atoms with E-state index in [4.69, 9.17) is 19.5 Å². The van der Waals surface area contributed by atoms with E-state index in [0.29, 0.717) is 12.2 Å². The van der Waals surface area contributed by atoms with Gasteiger partial charge in [0.1, 0.15) is 17.8 Å². The quantitative estimate of drug-likeness (QED) is 0.256. The van der Waals surface area contributed by atoms with E-state index >= 15 is 0 Å². The fourth-order valence-electron chi connectivity index (χ4n) is 3.28. The first-order valence-corrected chi connectivity index (χ1v) is 12.8. The van der Waals surface area contributed by atoms with Gasteiger partial charge in [-0.2, -0.15) is 4.98 Å². The van der Waals surface area contributed by atoms with Gasteiger partial charge in [0.2, 0.25) is 5.95 Å². The lowest BCUT2D eigenvalue weighted by atomic mass is 9.92. The molecule has 3 rings (SSSR count). The van der Waals surface area contributed by atoms with Crippen LogP contribution in [0.25, 0.3) is 11.2 Å². The number of carbonyl (C=O) groups excluding carboxylic acids is 1. The Labute approximate surface area is 200 Å². The molecule has 2 unspecified atom stereocenters. The van der Waals surface area contributed by atoms with Crippen molar-refractivity contribution in [3.8, 4) is 0 Å². The van der Waals surface area contributed by atoms with E-state index < -0.39 is 43.3 Å². The average molecular weight is 520 g/mol. The molecule has 0 aliphatic carbocycles. The third-order valence-corrected chi connectivity index (χ3v) is 7.82. The number of hydrogen-bond acceptors (Lipinski definition) is 12. The van der Waals surface area contributed by atoms with Crippen LogP contribution in [0.1, 0.15) is 40.3 Å². The van der Waals surface area contributed by atoms with Gasteiger partial charge in [-0.25, -0.2) is 4.98 Å². The number of aliphatic hydroxyl groups is 2. The molecule has 5 N–H and O–H groups in total. The topological polar surface area (TPSA) is 192 Å². The van der Waals surface area contributed by atoms with Crippen LogP contribution in [0.3, 0.4) is 0 Å². The SMILES string of the molecule is CCC(C)(C)C(=O)SCCO[PH](=O)OC[C@H]1O[C@@H](n2cnc3c(=O)[nH]c(N)nc32)C(C)(O)[C@H]1O. The number of nitrogen functional groups attached to an aromatic ring is 1. The van der Waals surface area contributed by atoms with Crippen molar-refractivity contribution in [1.29, 1.82) is 0 Å². The maximum Gasteiger partial charge on any atom is 0.319 e. The zero-order valence-electron chi connectivity index (χ0n) is 19.3. The van der Waals surface area contributed by atoms with Gasteiger partial charge in [-0.05, 0) is 13.3 Å². The van der Waals surface area contributed by atoms with Crippen molar-refractivity contribution in [2.75, 3.05) is 24.7 Å². The third-order valence-electron chi connectivity index (χ3n) is 5.80. The molecule has 13 nitrogen and oxygen atoms in total. The van der Waals surface area contributed by atoms with Crippen LogP contribution in [0, 0.1) is 5.41 Å². The fraction of sp³-hybridized carbons (Fsp3) is 0.684. The second-order valence-corrected chi connectivity index (χ2v) is 10.9. The van der Waals surface area contributed by atoms with E-state index in [-0.39, 0.29) is 35.4 Å². The molecule has 3 heterocycles. The number of thioether (sulfide) groups is 1. The predicted molar refractivity (Wildman–Crippen MR) is 126 cm³/mol. The van der Waals surface area contributed by atoms with Gasteiger partial charge in [0, 0.05) is 11.2 Å². The number of anilines is 1. The number of hydrogen-bond donors (Lipinski definition) is 4. The summed E-state index contributed by atoms with van der Waals surface area (Å²) in [4.78, 5) is 34.4. The molecule has 0 bridgehead atoms. The molecule has 1 aliphatic rings. The molecule has 1 fully saturated rings. The molecule has 1 aliphatic heterocycles. The smallest absolute Gasteiger partial charge is 0.319 e. The Balaban J connectivity index is 1.57. The van der Waals surface area contributed by atoms with Gasteiger partial charge in [-0.1, -0.05) is 32.5 Å². The molecule has 2 aromatic rings. The van der Waals surface area contributed by atoms with Crippen molar-refractivity contribution in [3.05, 3.63) is 16.7 Å². The van der Waals surface area contributed by atoms with Crippen molar-refractivity contribution >= 4 is 42.2 Å². The minimum absolute atomic E-state index is 0.0140. The maximum atomic E-state index is 12.1. The lowest BCUT2D eigenvalue weighted by molar-refractivity contribution is -0.118. The zero-order chi connectivity index (χ0) is 25.3. The number of nitrogens with two attached hydrogens (primary N) is 1. The summed E-state index contributed by atoms with van der Waals surface area (Å²) >= 11 is 1.11. The molecule has 0 saturated carbocycles. The molecule has 0 aromatic carbocycles. The predicted octanol–water partition coefficient (Wildman–Crippen LogP) is 0.830. The van der Waals surface area contributed by atoms with Crippen LogP contribution in [-0.4, -0.2) is 71.6 Å². The number of fused-ring (bicyclic) bond motifs is 1. The zero-order valence-corrected chi connectivity index (χ0v) is 21.1. The number of aromatic amines is 1. The van der Waals surface area contributed by atoms with Crippen molar-refractivity contribution in [3.63, 3.8) is 0 Å². The van der Waals surface area contributed by atoms with E-state index in [1.54, 1.807) is 0 Å². The summed E-state index contributed by atoms with van der Waals surface area (Å²) in [6.07, 6.45) is -1.71. The lowest BCUT2D eigenvalue weighted by Gasteiger charge is -2.27. The first kappa shape index (κ1) is 26.8. The number of nitrogens with zero attached hydrogens (tertiary/aromatic N) is 3. The largest absolute Gasteiger partial charge is 0.387 e. The van der Waals surface area contributed by atoms with Crippen molar-refractivity contribution in [1.82, 2.24) is 19.5 Å². The molecule has 5 atom stereocenters. The number of rotatable bonds is 10. The van der Waals surface area contributed by atoms with Gasteiger partial charge in [0.25, 0.3) is 5.56 Å². The number of imidazole rings is 1. The minimum Gasteiger partial charge on any atom is -0.387 e. The minimum atomic E-state index is -2.93. The van der Waals surface area contributed by atoms with E-state index in [1.807, 2.05) is 20.8 Å². The lowest BCUT2D eigenvalue weighted by Crippen LogP contribution is -2.44. The highest BCUT2D eigenvalue weighted by Crippen LogP contribution is 2.40. The van der Waals surface area contributed by atoms with Crippen LogP contribution < -0.4 is 11.3 Å². The highest BCUT2D eigenvalue weighted by Gasteiger charge is 2.53. The highest BCUT2D eigenvalue weighted by molar-refractivity contribution is 8.13. The molecule has 190 valence electrons. The van der Waals surface area contributed by atoms with Gasteiger partial charge < -0.3 is 29.7 Å². The maximum absolute atomic E-state index is 12.1. The van der Waals surface area contributed by atoms with E-state index in [1.165, 1.54) is 17.8 Å². The van der Waals surface area contributed by atoms with Crippen molar-refractivity contribution in [2.45, 2.75) is 58.2 Å². The molecular weight excluding hydrogens is 489 g/mol. The molecule has 2 aromatic heterocycles. The summed E-state index contributed by atoms with van der Waals surface area (Å²) in [5.74, 6) is 0.177. The molecule has 0 amide bonds. The summed E-state index contributed by atoms with van der Waals surface area (Å²) in [6, 6.07) is 0. The fourth-order valence-corrected chi connectivity index (χ4v) is 4.97. The molecule has 0 radical (unpaired) electrons. The van der Waals surface area contributed by atoms with Crippen LogP contribution in [0.4, 0.5) is 5.95 Å². The van der Waals surface area contributed by atoms with Gasteiger partial charge >= 0.3 is 8.25 Å². The van der Waals surface area contributed by atoms with Crippen LogP contribution in [0.2, 0.25) is 0 Å². The van der Waals surface area contributed by atoms with Gasteiger partial charge in [0.15, 0.2) is 22.5 Å². The Morgan fingerprint density at radius 3 is 2.85 bits per heavy atom. The first-order chi connectivity index (χ1) is 15.9. The van der Waals surface area contributed by atoms with E-state index in [9.17, 15) is 24.4 Å². The summed E-state index contributed by atoms with van der Waals surface area (Å²) in [7, 11) is -2.93. The van der Waals surface area contributed by atoms with Crippen LogP contribution in [0.5, 0.6) is 0 Å². The second-order valence-electron chi connectivity index (χ2n) is 8.76. The highest BCUT2D eigenvalue weighted by atomic mass is 32.2. The molecule has 1 saturated heterocycles. The van der Waals surface area contributed by atoms with Gasteiger partial charge in [-0.15, -0.1) is 0 Å². The summed E-state index contributed by atoms with van der Waals surface area (Å²) < 4.78 is 29.5. The van der Waals surface area contributed by atoms with E-state index in [2.05, 4.69) is 15.0 Å². The Hall–Kier alpha value is -1.80. The van der Waals surface area contributed by atoms with E-state index in [0.717, 1.165) is 11.8 Å². The Morgan fingerprint density at radius 2 is 2.18 bits per heavy atom. The van der Waals surface area contributed by atoms with Gasteiger partial charge in [0.05, 0.1) is 19.5 Å². The number of H-pyrrole nitrogens is 1. The number of aliphatic hydroxyl groups excluding tert-OH is 1. The van der Waals surface area contributed by atoms with Crippen LogP contribution in [-0.2, 0) is 23.1 Å². The first-order valence-electron chi connectivity index (χ1n) is 10.6. The number of nitrogens with one attached hydrogen (secondary N) is 1. The molecule has 15 heteroatoms. The summed E-state index contributed by atoms with van der Waals surface area (Å²) in [5.41, 5.74) is 2.83. The summed E-state index contributed by atoms with van der Waals surface area (Å²) in [5, 5.41) is 21.5. The molecule has 0 spiro atoms. The normalized spacial score (nSPS) is 26.2. The molecule has 34 heavy (non-hydrogen) atoms. The monoisotopic (exact) mass is 519 g/mol. The number of aromatic nitrogens is 4. The number of carbonyl (C=O) groups is 1.